The third-order valence-electron chi connectivity index (χ3n) is 5.07. The first-order valence-corrected chi connectivity index (χ1v) is 11.4. The molecule has 8 heteroatoms. The lowest BCUT2D eigenvalue weighted by Crippen LogP contribution is -2.15. The maximum absolute atomic E-state index is 12.5. The van der Waals surface area contributed by atoms with Gasteiger partial charge in [-0.2, -0.15) is 0 Å². The number of imidazole rings is 1. The van der Waals surface area contributed by atoms with E-state index in [0.717, 1.165) is 28.0 Å². The normalized spacial score (nSPS) is 11.5. The standard InChI is InChI=1S/C23H23N5O2S/c1-28-21-12-11-19(27-31(29,30)15-17-5-3-2-4-6-17)14-20(21)26-22(28)13-16-7-9-18(10-8-16)23(24)25/h2-12,14,27H,13,15H2,1H3,(H3,24,25). The Morgan fingerprint density at radius 3 is 2.42 bits per heavy atom. The van der Waals surface area contributed by atoms with Crippen molar-refractivity contribution < 1.29 is 8.42 Å². The van der Waals surface area contributed by atoms with Gasteiger partial charge in [0, 0.05) is 19.0 Å². The molecular formula is C23H23N5O2S. The van der Waals surface area contributed by atoms with Crippen LogP contribution < -0.4 is 10.5 Å². The molecule has 4 aromatic rings. The first-order chi connectivity index (χ1) is 14.8. The van der Waals surface area contributed by atoms with Gasteiger partial charge in [0.25, 0.3) is 0 Å². The third kappa shape index (κ3) is 4.75. The molecule has 7 nitrogen and oxygen atoms in total. The van der Waals surface area contributed by atoms with Crippen LogP contribution in [0.2, 0.25) is 0 Å². The maximum Gasteiger partial charge on any atom is 0.236 e. The number of rotatable bonds is 7. The minimum atomic E-state index is -3.53. The van der Waals surface area contributed by atoms with Crippen LogP contribution >= 0.6 is 0 Å². The molecule has 4 N–H and O–H groups in total. The molecule has 0 spiro atoms. The Labute approximate surface area is 181 Å². The number of nitrogen functional groups attached to an aromatic ring is 1. The number of hydrogen-bond acceptors (Lipinski definition) is 4. The quantitative estimate of drug-likeness (QED) is 0.306. The molecule has 0 amide bonds. The minimum absolute atomic E-state index is 0.0385. The Kier molecular flexibility index (Phi) is 5.48. The first-order valence-electron chi connectivity index (χ1n) is 9.74. The second-order valence-electron chi connectivity index (χ2n) is 7.42. The van der Waals surface area contributed by atoms with Gasteiger partial charge in [0.05, 0.1) is 22.5 Å². The number of nitrogens with one attached hydrogen (secondary N) is 2. The summed E-state index contributed by atoms with van der Waals surface area (Å²) >= 11 is 0. The number of sulfonamides is 1. The Balaban J connectivity index is 1.55. The highest BCUT2D eigenvalue weighted by molar-refractivity contribution is 7.91. The van der Waals surface area contributed by atoms with E-state index in [1.54, 1.807) is 24.3 Å². The molecule has 0 aliphatic rings. The monoisotopic (exact) mass is 433 g/mol. The number of fused-ring (bicyclic) bond motifs is 1. The predicted molar refractivity (Wildman–Crippen MR) is 124 cm³/mol. The summed E-state index contributed by atoms with van der Waals surface area (Å²) in [5, 5.41) is 7.49. The molecule has 1 aromatic heterocycles. The van der Waals surface area contributed by atoms with Crippen LogP contribution in [0, 0.1) is 5.41 Å². The zero-order valence-corrected chi connectivity index (χ0v) is 17.9. The molecule has 158 valence electrons. The van der Waals surface area contributed by atoms with Crippen molar-refractivity contribution in [3.63, 3.8) is 0 Å². The third-order valence-corrected chi connectivity index (χ3v) is 6.33. The van der Waals surface area contributed by atoms with Gasteiger partial charge < -0.3 is 10.3 Å². The van der Waals surface area contributed by atoms with E-state index < -0.39 is 10.0 Å². The van der Waals surface area contributed by atoms with E-state index in [1.807, 2.05) is 60.1 Å². The van der Waals surface area contributed by atoms with Gasteiger partial charge in [-0.15, -0.1) is 0 Å². The summed E-state index contributed by atoms with van der Waals surface area (Å²) in [6, 6.07) is 21.9. The molecule has 0 aliphatic heterocycles. The SMILES string of the molecule is Cn1c(Cc2ccc(C(=N)N)cc2)nc2cc(NS(=O)(=O)Cc3ccccc3)ccc21. The van der Waals surface area contributed by atoms with Crippen LogP contribution in [0.1, 0.15) is 22.5 Å². The number of nitrogens with two attached hydrogens (primary N) is 1. The lowest BCUT2D eigenvalue weighted by atomic mass is 10.1. The van der Waals surface area contributed by atoms with Crippen molar-refractivity contribution in [3.8, 4) is 0 Å². The molecule has 0 saturated carbocycles. The van der Waals surface area contributed by atoms with Gasteiger partial charge in [0.15, 0.2) is 0 Å². The molecule has 0 atom stereocenters. The van der Waals surface area contributed by atoms with Crippen molar-refractivity contribution >= 4 is 32.6 Å². The summed E-state index contributed by atoms with van der Waals surface area (Å²) in [6.07, 6.45) is 0.610. The van der Waals surface area contributed by atoms with Crippen molar-refractivity contribution in [2.45, 2.75) is 12.2 Å². The fourth-order valence-corrected chi connectivity index (χ4v) is 4.65. The number of amidine groups is 1. The molecule has 0 unspecified atom stereocenters. The van der Waals surface area contributed by atoms with E-state index in [9.17, 15) is 8.42 Å². The van der Waals surface area contributed by atoms with Crippen LogP contribution in [0.4, 0.5) is 5.69 Å². The van der Waals surface area contributed by atoms with E-state index in [0.29, 0.717) is 17.7 Å². The van der Waals surface area contributed by atoms with Crippen molar-refractivity contribution in [2.24, 2.45) is 12.8 Å². The average molecular weight is 434 g/mol. The van der Waals surface area contributed by atoms with E-state index in [4.69, 9.17) is 16.1 Å². The van der Waals surface area contributed by atoms with Gasteiger partial charge in [0.2, 0.25) is 10.0 Å². The first kappa shape index (κ1) is 20.6. The Morgan fingerprint density at radius 1 is 1.03 bits per heavy atom. The highest BCUT2D eigenvalue weighted by atomic mass is 32.2. The van der Waals surface area contributed by atoms with Crippen molar-refractivity contribution in [2.75, 3.05) is 4.72 Å². The Bertz CT molecular complexity index is 1340. The topological polar surface area (TPSA) is 114 Å². The summed E-state index contributed by atoms with van der Waals surface area (Å²) in [4.78, 5) is 4.70. The fraction of sp³-hybridized carbons (Fsp3) is 0.130. The van der Waals surface area contributed by atoms with E-state index in [2.05, 4.69) is 4.72 Å². The van der Waals surface area contributed by atoms with E-state index >= 15 is 0 Å². The molecular weight excluding hydrogens is 410 g/mol. The summed E-state index contributed by atoms with van der Waals surface area (Å²) in [5.74, 6) is 0.807. The number of nitrogens with zero attached hydrogens (tertiary/aromatic N) is 2. The summed E-state index contributed by atoms with van der Waals surface area (Å²) in [6.45, 7) is 0. The van der Waals surface area contributed by atoms with Crippen molar-refractivity contribution in [1.29, 1.82) is 5.41 Å². The van der Waals surface area contributed by atoms with Crippen LogP contribution in [-0.2, 0) is 29.2 Å². The van der Waals surface area contributed by atoms with Crippen molar-refractivity contribution in [1.82, 2.24) is 9.55 Å². The zero-order chi connectivity index (χ0) is 22.0. The fourth-order valence-electron chi connectivity index (χ4n) is 3.47. The lowest BCUT2D eigenvalue weighted by molar-refractivity contribution is 0.600. The molecule has 4 rings (SSSR count). The molecule has 0 saturated heterocycles. The number of anilines is 1. The lowest BCUT2D eigenvalue weighted by Gasteiger charge is -2.08. The van der Waals surface area contributed by atoms with Gasteiger partial charge in [-0.3, -0.25) is 10.1 Å². The summed E-state index contributed by atoms with van der Waals surface area (Å²) < 4.78 is 29.7. The van der Waals surface area contributed by atoms with Crippen molar-refractivity contribution in [3.05, 3.63) is 95.3 Å². The largest absolute Gasteiger partial charge is 0.384 e. The smallest absolute Gasteiger partial charge is 0.236 e. The highest BCUT2D eigenvalue weighted by Gasteiger charge is 2.14. The average Bonchev–Trinajstić information content (AvgIpc) is 3.03. The minimum Gasteiger partial charge on any atom is -0.384 e. The Morgan fingerprint density at radius 2 is 1.74 bits per heavy atom. The number of aromatic nitrogens is 2. The van der Waals surface area contributed by atoms with Crippen LogP contribution in [-0.4, -0.2) is 23.8 Å². The van der Waals surface area contributed by atoms with Crippen LogP contribution in [0.5, 0.6) is 0 Å². The van der Waals surface area contributed by atoms with E-state index in [-0.39, 0.29) is 11.6 Å². The molecule has 0 fully saturated rings. The Hall–Kier alpha value is -3.65. The van der Waals surface area contributed by atoms with Gasteiger partial charge in [-0.1, -0.05) is 54.6 Å². The zero-order valence-electron chi connectivity index (χ0n) is 17.0. The molecule has 0 bridgehead atoms. The van der Waals surface area contributed by atoms with Gasteiger partial charge in [-0.25, -0.2) is 13.4 Å². The molecule has 31 heavy (non-hydrogen) atoms. The number of aryl methyl sites for hydroxylation is 1. The number of benzene rings is 3. The molecule has 1 heterocycles. The number of hydrogen-bond donors (Lipinski definition) is 3. The van der Waals surface area contributed by atoms with E-state index in [1.165, 1.54) is 0 Å². The molecule has 0 aliphatic carbocycles. The second-order valence-corrected chi connectivity index (χ2v) is 9.15. The van der Waals surface area contributed by atoms with Crippen LogP contribution in [0.15, 0.2) is 72.8 Å². The second kappa shape index (κ2) is 8.23. The molecule has 0 radical (unpaired) electrons. The van der Waals surface area contributed by atoms with Crippen LogP contribution in [0.25, 0.3) is 11.0 Å². The van der Waals surface area contributed by atoms with Gasteiger partial charge in [-0.05, 0) is 29.3 Å². The maximum atomic E-state index is 12.5. The highest BCUT2D eigenvalue weighted by Crippen LogP contribution is 2.22. The predicted octanol–water partition coefficient (Wildman–Crippen LogP) is 3.39. The molecule has 3 aromatic carbocycles. The van der Waals surface area contributed by atoms with Gasteiger partial charge >= 0.3 is 0 Å². The summed E-state index contributed by atoms with van der Waals surface area (Å²) in [7, 11) is -1.59. The summed E-state index contributed by atoms with van der Waals surface area (Å²) in [5.41, 5.74) is 10.1. The van der Waals surface area contributed by atoms with Crippen LogP contribution in [0.3, 0.4) is 0 Å². The van der Waals surface area contributed by atoms with Gasteiger partial charge in [0.1, 0.15) is 11.7 Å².